The molecule has 3 N–H and O–H groups in total. The van der Waals surface area contributed by atoms with Gasteiger partial charge in [0, 0.05) is 25.6 Å². The van der Waals surface area contributed by atoms with Gasteiger partial charge in [0.05, 0.1) is 6.73 Å². The number of aromatic hydroxyl groups is 1. The minimum atomic E-state index is 0.125. The molecule has 2 aliphatic carbocycles. The second-order valence-electron chi connectivity index (χ2n) is 9.96. The fourth-order valence-corrected chi connectivity index (χ4v) is 4.79. The molecular formula is C29H40N2O4. The number of ether oxygens (including phenoxy) is 2. The number of carbonyl (C=O) groups is 1. The maximum atomic E-state index is 12.1. The standard InChI is InChI=1S/C29H40N2O4/c32-27-13-10-24(14-17-30-21-34-19-16-22-4-3-5-22)20-28(27)35-26-11-8-23(9-12-26)15-18-31-29(33)25-6-1-2-7-25/h8-13,20,22,25,30,32H,1-7,14-19,21H2,(H,31,33). The fraction of sp³-hybridized carbons (Fsp3) is 0.552. The molecule has 0 atom stereocenters. The van der Waals surface area contributed by atoms with Gasteiger partial charge in [-0.25, -0.2) is 0 Å². The van der Waals surface area contributed by atoms with Crippen LogP contribution in [0.3, 0.4) is 0 Å². The van der Waals surface area contributed by atoms with Crippen LogP contribution in [0, 0.1) is 11.8 Å². The first kappa shape index (κ1) is 25.5. The van der Waals surface area contributed by atoms with Crippen molar-refractivity contribution in [3.8, 4) is 17.2 Å². The predicted molar refractivity (Wildman–Crippen MR) is 138 cm³/mol. The number of rotatable bonds is 14. The van der Waals surface area contributed by atoms with E-state index in [1.54, 1.807) is 6.07 Å². The summed E-state index contributed by atoms with van der Waals surface area (Å²) >= 11 is 0. The number of benzene rings is 2. The summed E-state index contributed by atoms with van der Waals surface area (Å²) in [5.74, 6) is 2.55. The molecule has 2 saturated carbocycles. The van der Waals surface area contributed by atoms with E-state index in [9.17, 15) is 9.90 Å². The highest BCUT2D eigenvalue weighted by Gasteiger charge is 2.22. The quantitative estimate of drug-likeness (QED) is 0.252. The first-order chi connectivity index (χ1) is 17.2. The highest BCUT2D eigenvalue weighted by atomic mass is 16.5. The Labute approximate surface area is 209 Å². The third-order valence-electron chi connectivity index (χ3n) is 7.30. The van der Waals surface area contributed by atoms with Gasteiger partial charge in [-0.1, -0.05) is 50.3 Å². The summed E-state index contributed by atoms with van der Waals surface area (Å²) in [6.45, 7) is 2.87. The van der Waals surface area contributed by atoms with E-state index in [4.69, 9.17) is 9.47 Å². The minimum absolute atomic E-state index is 0.125. The molecule has 2 aromatic carbocycles. The Morgan fingerprint density at radius 1 is 0.914 bits per heavy atom. The van der Waals surface area contributed by atoms with Crippen LogP contribution >= 0.6 is 0 Å². The van der Waals surface area contributed by atoms with Crippen molar-refractivity contribution in [3.05, 3.63) is 53.6 Å². The molecule has 2 aromatic rings. The van der Waals surface area contributed by atoms with Gasteiger partial charge in [0.15, 0.2) is 11.5 Å². The van der Waals surface area contributed by atoms with Crippen LogP contribution in [-0.4, -0.2) is 37.4 Å². The van der Waals surface area contributed by atoms with E-state index in [1.807, 2.05) is 36.4 Å². The number of phenolic OH excluding ortho intramolecular Hbond substituents is 1. The number of hydrogen-bond acceptors (Lipinski definition) is 5. The van der Waals surface area contributed by atoms with Crippen molar-refractivity contribution < 1.29 is 19.4 Å². The van der Waals surface area contributed by atoms with Crippen molar-refractivity contribution >= 4 is 5.91 Å². The molecule has 6 heteroatoms. The number of carbonyl (C=O) groups excluding carboxylic acids is 1. The topological polar surface area (TPSA) is 79.8 Å². The molecule has 190 valence electrons. The number of hydrogen-bond donors (Lipinski definition) is 3. The Hall–Kier alpha value is -2.57. The lowest BCUT2D eigenvalue weighted by Crippen LogP contribution is -2.30. The normalized spacial score (nSPS) is 16.2. The highest BCUT2D eigenvalue weighted by Crippen LogP contribution is 2.32. The number of phenols is 1. The van der Waals surface area contributed by atoms with Crippen LogP contribution in [0.1, 0.15) is 62.5 Å². The van der Waals surface area contributed by atoms with Gasteiger partial charge < -0.3 is 19.9 Å². The maximum Gasteiger partial charge on any atom is 0.223 e. The Morgan fingerprint density at radius 3 is 2.40 bits per heavy atom. The molecule has 0 radical (unpaired) electrons. The summed E-state index contributed by atoms with van der Waals surface area (Å²) in [6.07, 6.45) is 11.3. The molecule has 0 heterocycles. The zero-order valence-corrected chi connectivity index (χ0v) is 20.8. The van der Waals surface area contributed by atoms with Crippen LogP contribution in [0.4, 0.5) is 0 Å². The average molecular weight is 481 g/mol. The average Bonchev–Trinajstić information content (AvgIpc) is 3.38. The minimum Gasteiger partial charge on any atom is -0.504 e. The molecule has 0 unspecified atom stereocenters. The Bertz CT molecular complexity index is 921. The maximum absolute atomic E-state index is 12.1. The molecule has 2 fully saturated rings. The van der Waals surface area contributed by atoms with Crippen molar-refractivity contribution in [3.63, 3.8) is 0 Å². The van der Waals surface area contributed by atoms with E-state index in [-0.39, 0.29) is 17.6 Å². The van der Waals surface area contributed by atoms with Gasteiger partial charge in [-0.15, -0.1) is 0 Å². The zero-order valence-electron chi connectivity index (χ0n) is 20.8. The molecule has 6 nitrogen and oxygen atoms in total. The van der Waals surface area contributed by atoms with Crippen LogP contribution in [-0.2, 0) is 22.4 Å². The summed E-state index contributed by atoms with van der Waals surface area (Å²) in [4.78, 5) is 12.1. The van der Waals surface area contributed by atoms with Crippen LogP contribution < -0.4 is 15.4 Å². The Kier molecular flexibility index (Phi) is 9.84. The second kappa shape index (κ2) is 13.5. The van der Waals surface area contributed by atoms with E-state index in [0.717, 1.165) is 55.9 Å². The summed E-state index contributed by atoms with van der Waals surface area (Å²) in [5.41, 5.74) is 2.23. The van der Waals surface area contributed by atoms with Crippen molar-refractivity contribution in [2.45, 2.75) is 64.2 Å². The van der Waals surface area contributed by atoms with E-state index < -0.39 is 0 Å². The van der Waals surface area contributed by atoms with Gasteiger partial charge in [0.1, 0.15) is 5.75 Å². The fourth-order valence-electron chi connectivity index (χ4n) is 4.79. The van der Waals surface area contributed by atoms with Crippen molar-refractivity contribution in [1.82, 2.24) is 10.6 Å². The molecular weight excluding hydrogens is 440 g/mol. The van der Waals surface area contributed by atoms with Crippen LogP contribution in [0.25, 0.3) is 0 Å². The lowest BCUT2D eigenvalue weighted by molar-refractivity contribution is -0.124. The summed E-state index contributed by atoms with van der Waals surface area (Å²) in [5, 5.41) is 16.6. The van der Waals surface area contributed by atoms with Gasteiger partial charge >= 0.3 is 0 Å². The van der Waals surface area contributed by atoms with Gasteiger partial charge in [-0.05, 0) is 73.4 Å². The molecule has 0 saturated heterocycles. The Morgan fingerprint density at radius 2 is 1.66 bits per heavy atom. The van der Waals surface area contributed by atoms with Gasteiger partial charge in [-0.3, -0.25) is 10.1 Å². The molecule has 0 aliphatic heterocycles. The predicted octanol–water partition coefficient (Wildman–Crippen LogP) is 5.33. The largest absolute Gasteiger partial charge is 0.504 e. The summed E-state index contributed by atoms with van der Waals surface area (Å²) in [7, 11) is 0. The molecule has 0 spiro atoms. The van der Waals surface area contributed by atoms with Gasteiger partial charge in [-0.2, -0.15) is 0 Å². The molecule has 1 amide bonds. The van der Waals surface area contributed by atoms with Crippen LogP contribution in [0.15, 0.2) is 42.5 Å². The number of nitrogens with one attached hydrogen (secondary N) is 2. The van der Waals surface area contributed by atoms with E-state index in [0.29, 0.717) is 24.8 Å². The lowest BCUT2D eigenvalue weighted by Gasteiger charge is -2.24. The molecule has 4 rings (SSSR count). The summed E-state index contributed by atoms with van der Waals surface area (Å²) < 4.78 is 11.6. The molecule has 0 aromatic heterocycles. The van der Waals surface area contributed by atoms with E-state index >= 15 is 0 Å². The third-order valence-corrected chi connectivity index (χ3v) is 7.30. The third kappa shape index (κ3) is 8.25. The monoisotopic (exact) mass is 480 g/mol. The lowest BCUT2D eigenvalue weighted by atomic mass is 9.83. The van der Waals surface area contributed by atoms with Gasteiger partial charge in [0.2, 0.25) is 5.91 Å². The van der Waals surface area contributed by atoms with E-state index in [1.165, 1.54) is 38.5 Å². The smallest absolute Gasteiger partial charge is 0.223 e. The van der Waals surface area contributed by atoms with Crippen molar-refractivity contribution in [1.29, 1.82) is 0 Å². The molecule has 0 bridgehead atoms. The van der Waals surface area contributed by atoms with Crippen molar-refractivity contribution in [2.24, 2.45) is 11.8 Å². The highest BCUT2D eigenvalue weighted by molar-refractivity contribution is 5.78. The van der Waals surface area contributed by atoms with Crippen LogP contribution in [0.5, 0.6) is 17.2 Å². The molecule has 2 aliphatic rings. The van der Waals surface area contributed by atoms with Crippen molar-refractivity contribution in [2.75, 3.05) is 26.4 Å². The SMILES string of the molecule is O=C(NCCc1ccc(Oc2cc(CCNCOCCC3CCC3)ccc2O)cc1)C1CCCC1. The first-order valence-electron chi connectivity index (χ1n) is 13.3. The molecule has 35 heavy (non-hydrogen) atoms. The van der Waals surface area contributed by atoms with Gasteiger partial charge in [0.25, 0.3) is 0 Å². The summed E-state index contributed by atoms with van der Waals surface area (Å²) in [6, 6.07) is 13.3. The second-order valence-corrected chi connectivity index (χ2v) is 9.96. The first-order valence-corrected chi connectivity index (χ1v) is 13.3. The van der Waals surface area contributed by atoms with E-state index in [2.05, 4.69) is 10.6 Å². The Balaban J connectivity index is 1.16. The zero-order chi connectivity index (χ0) is 24.3. The van der Waals surface area contributed by atoms with Crippen LogP contribution in [0.2, 0.25) is 0 Å². The number of amides is 1.